The van der Waals surface area contributed by atoms with Crippen molar-refractivity contribution in [3.05, 3.63) is 0 Å². The van der Waals surface area contributed by atoms with Crippen molar-refractivity contribution in [2.45, 2.75) is 182 Å². The Morgan fingerprint density at radius 1 is 0.625 bits per heavy atom. The van der Waals surface area contributed by atoms with Crippen molar-refractivity contribution in [2.75, 3.05) is 13.1 Å². The molecule has 0 aliphatic carbocycles. The number of Topliss-reactive ketones (excluding diaryl/α,β-unsaturated/α-hetero) is 1. The standard InChI is InChI=1S/C36H67N5O7/c1-9-11-13-15-16-17-18-19-20-22-26-37-30(43)28(39-31(44)29(42)25-21-14-12-10-2)24-23-27-38-32(40-33(45)47-35(3,4)5)41-34(46)48-36(6,7)8/h28H,9-27H2,1-8H3,(H,37,43)(H,39,44)(H2,38,40,41,45,46)/t28-/m0/s1. The molecule has 4 amide bonds. The minimum absolute atomic E-state index is 0.0873. The van der Waals surface area contributed by atoms with Crippen molar-refractivity contribution < 1.29 is 33.4 Å². The molecule has 0 radical (unpaired) electrons. The molecular weight excluding hydrogens is 614 g/mol. The van der Waals surface area contributed by atoms with Gasteiger partial charge in [-0.25, -0.2) is 9.59 Å². The maximum atomic E-state index is 13.1. The van der Waals surface area contributed by atoms with Crippen LogP contribution in [0.5, 0.6) is 0 Å². The molecule has 12 nitrogen and oxygen atoms in total. The number of hydrogen-bond donors (Lipinski definition) is 4. The van der Waals surface area contributed by atoms with Gasteiger partial charge < -0.3 is 20.1 Å². The number of alkyl carbamates (subject to hydrolysis) is 2. The Kier molecular flexibility index (Phi) is 24.1. The fraction of sp³-hybridized carbons (Fsp3) is 0.833. The van der Waals surface area contributed by atoms with Crippen LogP contribution in [0.25, 0.3) is 0 Å². The minimum atomic E-state index is -0.934. The zero-order valence-corrected chi connectivity index (χ0v) is 31.3. The number of ketones is 1. The highest BCUT2D eigenvalue weighted by Gasteiger charge is 2.24. The molecule has 0 rings (SSSR count). The second-order valence-electron chi connectivity index (χ2n) is 14.4. The van der Waals surface area contributed by atoms with Crippen LogP contribution in [0, 0.1) is 0 Å². The molecule has 0 fully saturated rings. The zero-order chi connectivity index (χ0) is 36.4. The summed E-state index contributed by atoms with van der Waals surface area (Å²) in [4.78, 5) is 67.3. The lowest BCUT2D eigenvalue weighted by atomic mass is 10.1. The molecule has 278 valence electrons. The summed E-state index contributed by atoms with van der Waals surface area (Å²) in [5.74, 6) is -1.84. The molecule has 0 unspecified atom stereocenters. The number of hydrogen-bond acceptors (Lipinski definition) is 8. The average molecular weight is 682 g/mol. The Labute approximate surface area is 290 Å². The maximum absolute atomic E-state index is 13.1. The third-order valence-electron chi connectivity index (χ3n) is 7.12. The van der Waals surface area contributed by atoms with Gasteiger partial charge in [-0.15, -0.1) is 0 Å². The third-order valence-corrected chi connectivity index (χ3v) is 7.12. The predicted octanol–water partition coefficient (Wildman–Crippen LogP) is 7.23. The van der Waals surface area contributed by atoms with Crippen LogP contribution >= 0.6 is 0 Å². The monoisotopic (exact) mass is 682 g/mol. The van der Waals surface area contributed by atoms with Crippen molar-refractivity contribution in [2.24, 2.45) is 4.99 Å². The molecule has 4 N–H and O–H groups in total. The Bertz CT molecular complexity index is 954. The second kappa shape index (κ2) is 25.8. The minimum Gasteiger partial charge on any atom is -0.444 e. The van der Waals surface area contributed by atoms with E-state index in [4.69, 9.17) is 9.47 Å². The van der Waals surface area contributed by atoms with Crippen LogP contribution < -0.4 is 21.3 Å². The van der Waals surface area contributed by atoms with Gasteiger partial charge in [0, 0.05) is 19.5 Å². The summed E-state index contributed by atoms with van der Waals surface area (Å²) in [7, 11) is 0. The van der Waals surface area contributed by atoms with E-state index in [1.54, 1.807) is 41.5 Å². The predicted molar refractivity (Wildman–Crippen MR) is 191 cm³/mol. The van der Waals surface area contributed by atoms with Crippen molar-refractivity contribution in [1.82, 2.24) is 21.3 Å². The van der Waals surface area contributed by atoms with E-state index in [1.165, 1.54) is 44.9 Å². The first-order valence-corrected chi connectivity index (χ1v) is 18.2. The van der Waals surface area contributed by atoms with Gasteiger partial charge in [-0.3, -0.25) is 30.0 Å². The summed E-state index contributed by atoms with van der Waals surface area (Å²) in [5.41, 5.74) is -1.55. The normalized spacial score (nSPS) is 12.0. The van der Waals surface area contributed by atoms with E-state index in [2.05, 4.69) is 40.1 Å². The van der Waals surface area contributed by atoms with Gasteiger partial charge in [0.25, 0.3) is 5.91 Å². The number of carbonyl (C=O) groups is 5. The van der Waals surface area contributed by atoms with E-state index in [-0.39, 0.29) is 31.3 Å². The molecule has 12 heteroatoms. The van der Waals surface area contributed by atoms with E-state index >= 15 is 0 Å². The number of guanidine groups is 1. The first-order chi connectivity index (χ1) is 22.6. The number of aliphatic imine (C=N–C) groups is 1. The largest absolute Gasteiger partial charge is 0.444 e. The van der Waals surface area contributed by atoms with Gasteiger partial charge in [-0.1, -0.05) is 90.9 Å². The number of nitrogens with one attached hydrogen (secondary N) is 4. The van der Waals surface area contributed by atoms with E-state index in [0.29, 0.717) is 19.4 Å². The Balaban J connectivity index is 5.25. The van der Waals surface area contributed by atoms with Crippen LogP contribution in [0.1, 0.15) is 165 Å². The van der Waals surface area contributed by atoms with E-state index < -0.39 is 41.1 Å². The maximum Gasteiger partial charge on any atom is 0.414 e. The number of ether oxygens (including phenoxy) is 2. The average Bonchev–Trinajstić information content (AvgIpc) is 2.97. The van der Waals surface area contributed by atoms with Crippen LogP contribution in [0.2, 0.25) is 0 Å². The summed E-state index contributed by atoms with van der Waals surface area (Å²) in [6.07, 6.45) is 14.3. The number of rotatable bonds is 23. The molecule has 0 aromatic heterocycles. The van der Waals surface area contributed by atoms with E-state index in [9.17, 15) is 24.0 Å². The van der Waals surface area contributed by atoms with Crippen LogP contribution in [0.15, 0.2) is 4.99 Å². The van der Waals surface area contributed by atoms with Gasteiger partial charge in [0.1, 0.15) is 17.2 Å². The van der Waals surface area contributed by atoms with Gasteiger partial charge in [-0.05, 0) is 67.2 Å². The molecular formula is C36H67N5O7. The lowest BCUT2D eigenvalue weighted by molar-refractivity contribution is -0.139. The molecule has 0 saturated heterocycles. The highest BCUT2D eigenvalue weighted by atomic mass is 16.6. The summed E-state index contributed by atoms with van der Waals surface area (Å²) < 4.78 is 10.5. The Hall–Kier alpha value is -3.18. The fourth-order valence-electron chi connectivity index (χ4n) is 4.68. The smallest absolute Gasteiger partial charge is 0.414 e. The third kappa shape index (κ3) is 26.8. The lowest BCUT2D eigenvalue weighted by Crippen LogP contribution is -2.49. The van der Waals surface area contributed by atoms with Crippen LogP contribution in [0.4, 0.5) is 9.59 Å². The molecule has 0 aliphatic heterocycles. The van der Waals surface area contributed by atoms with Crippen molar-refractivity contribution in [3.8, 4) is 0 Å². The summed E-state index contributed by atoms with van der Waals surface area (Å²) in [6.45, 7) is 15.1. The molecule has 0 spiro atoms. The Morgan fingerprint density at radius 3 is 1.56 bits per heavy atom. The van der Waals surface area contributed by atoms with Gasteiger partial charge in [0.05, 0.1) is 0 Å². The van der Waals surface area contributed by atoms with Crippen LogP contribution in [-0.2, 0) is 23.9 Å². The molecule has 0 aromatic carbocycles. The first-order valence-electron chi connectivity index (χ1n) is 18.2. The topological polar surface area (TPSA) is 164 Å². The van der Waals surface area contributed by atoms with E-state index in [1.807, 2.05) is 0 Å². The van der Waals surface area contributed by atoms with Gasteiger partial charge in [0.2, 0.25) is 17.6 Å². The molecule has 0 aliphatic rings. The van der Waals surface area contributed by atoms with Crippen molar-refractivity contribution in [1.29, 1.82) is 0 Å². The number of carbonyl (C=O) groups excluding carboxylic acids is 5. The molecule has 1 atom stereocenters. The van der Waals surface area contributed by atoms with Gasteiger partial charge >= 0.3 is 12.2 Å². The molecule has 0 saturated carbocycles. The molecule has 0 aromatic rings. The SMILES string of the molecule is CCCCCCCCCCCCNC(=O)[C@H](CCCN=C(NC(=O)OC(C)(C)C)NC(=O)OC(C)(C)C)NC(=O)C(=O)CCCCCC. The number of amides is 4. The fourth-order valence-corrected chi connectivity index (χ4v) is 4.68. The van der Waals surface area contributed by atoms with Crippen molar-refractivity contribution in [3.63, 3.8) is 0 Å². The summed E-state index contributed by atoms with van der Waals surface area (Å²) in [5, 5.41) is 10.4. The van der Waals surface area contributed by atoms with Crippen molar-refractivity contribution >= 4 is 35.7 Å². The van der Waals surface area contributed by atoms with Crippen LogP contribution in [0.3, 0.4) is 0 Å². The number of unbranched alkanes of at least 4 members (excludes halogenated alkanes) is 12. The molecule has 48 heavy (non-hydrogen) atoms. The lowest BCUT2D eigenvalue weighted by Gasteiger charge is -2.22. The quantitative estimate of drug-likeness (QED) is 0.0382. The summed E-state index contributed by atoms with van der Waals surface area (Å²) in [6, 6.07) is -0.934. The summed E-state index contributed by atoms with van der Waals surface area (Å²) >= 11 is 0. The van der Waals surface area contributed by atoms with Gasteiger partial charge in [0.15, 0.2) is 0 Å². The second-order valence-corrected chi connectivity index (χ2v) is 14.4. The number of nitrogens with zero attached hydrogens (tertiary/aromatic N) is 1. The first kappa shape index (κ1) is 44.8. The van der Waals surface area contributed by atoms with Crippen LogP contribution in [-0.4, -0.2) is 66.1 Å². The highest BCUT2D eigenvalue weighted by molar-refractivity contribution is 6.36. The molecule has 0 bridgehead atoms. The molecule has 0 heterocycles. The van der Waals surface area contributed by atoms with E-state index in [0.717, 1.165) is 38.5 Å². The highest BCUT2D eigenvalue weighted by Crippen LogP contribution is 2.11. The van der Waals surface area contributed by atoms with Gasteiger partial charge in [-0.2, -0.15) is 0 Å². The Morgan fingerprint density at radius 2 is 1.08 bits per heavy atom. The zero-order valence-electron chi connectivity index (χ0n) is 31.3.